The average Bonchev–Trinajstić information content (AvgIpc) is 2.80. The molecule has 0 aliphatic heterocycles. The summed E-state index contributed by atoms with van der Waals surface area (Å²) in [5.41, 5.74) is 4.05. The number of nitrogens with zero attached hydrogens (tertiary/aromatic N) is 1. The van der Waals surface area contributed by atoms with Gasteiger partial charge in [0.1, 0.15) is 6.61 Å². The molecule has 0 aromatic heterocycles. The van der Waals surface area contributed by atoms with Gasteiger partial charge in [0.15, 0.2) is 11.5 Å². The standard InChI is InChI=1S/C23H19BrClN3O4/c1-31-20-8-4-5-16(21(20)32-14-15-9-11-17(24)12-10-15)13-26-28-23(30)22(29)27-19-7-3-2-6-18(19)25/h2-13H,14H2,1H3,(H,27,29)(H,28,30)/b26-13-. The number of methoxy groups -OCH3 is 1. The van der Waals surface area contributed by atoms with Crippen LogP contribution in [0.1, 0.15) is 11.1 Å². The summed E-state index contributed by atoms with van der Waals surface area (Å²) in [6.45, 7) is 0.307. The van der Waals surface area contributed by atoms with Gasteiger partial charge in [-0.05, 0) is 42.0 Å². The topological polar surface area (TPSA) is 89.0 Å². The molecule has 0 aliphatic rings. The van der Waals surface area contributed by atoms with Crippen molar-refractivity contribution in [3.8, 4) is 11.5 Å². The summed E-state index contributed by atoms with van der Waals surface area (Å²) < 4.78 is 12.3. The summed E-state index contributed by atoms with van der Waals surface area (Å²) in [6, 6.07) is 19.6. The van der Waals surface area contributed by atoms with E-state index in [0.717, 1.165) is 10.0 Å². The fraction of sp³-hybridized carbons (Fsp3) is 0.0870. The van der Waals surface area contributed by atoms with Crippen LogP contribution in [0.5, 0.6) is 11.5 Å². The molecule has 3 rings (SSSR count). The second kappa shape index (κ2) is 11.3. The molecule has 0 fully saturated rings. The summed E-state index contributed by atoms with van der Waals surface area (Å²) in [5.74, 6) is -0.876. The van der Waals surface area contributed by atoms with Crippen molar-refractivity contribution in [2.75, 3.05) is 12.4 Å². The van der Waals surface area contributed by atoms with Gasteiger partial charge in [-0.1, -0.05) is 57.9 Å². The number of hydrogen-bond acceptors (Lipinski definition) is 5. The summed E-state index contributed by atoms with van der Waals surface area (Å²) >= 11 is 9.38. The Labute approximate surface area is 198 Å². The van der Waals surface area contributed by atoms with Crippen LogP contribution in [0.4, 0.5) is 5.69 Å². The fourth-order valence-corrected chi connectivity index (χ4v) is 3.09. The van der Waals surface area contributed by atoms with Gasteiger partial charge in [0.2, 0.25) is 0 Å². The molecule has 0 saturated carbocycles. The molecule has 0 radical (unpaired) electrons. The van der Waals surface area contributed by atoms with E-state index in [1.807, 2.05) is 24.3 Å². The van der Waals surface area contributed by atoms with Gasteiger partial charge in [0, 0.05) is 10.0 Å². The summed E-state index contributed by atoms with van der Waals surface area (Å²) in [4.78, 5) is 24.1. The van der Waals surface area contributed by atoms with Crippen molar-refractivity contribution in [1.82, 2.24) is 5.43 Å². The smallest absolute Gasteiger partial charge is 0.329 e. The van der Waals surface area contributed by atoms with E-state index in [-0.39, 0.29) is 0 Å². The van der Waals surface area contributed by atoms with E-state index in [1.54, 1.807) is 42.5 Å². The molecule has 3 aromatic carbocycles. The Kier molecular flexibility index (Phi) is 8.24. The predicted octanol–water partition coefficient (Wildman–Crippen LogP) is 4.78. The highest BCUT2D eigenvalue weighted by Gasteiger charge is 2.15. The maximum Gasteiger partial charge on any atom is 0.329 e. The molecule has 9 heteroatoms. The van der Waals surface area contributed by atoms with Crippen LogP contribution in [0.2, 0.25) is 5.02 Å². The first-order valence-electron chi connectivity index (χ1n) is 9.41. The predicted molar refractivity (Wildman–Crippen MR) is 127 cm³/mol. The molecule has 0 atom stereocenters. The average molecular weight is 517 g/mol. The van der Waals surface area contributed by atoms with Crippen LogP contribution >= 0.6 is 27.5 Å². The maximum atomic E-state index is 12.1. The zero-order valence-electron chi connectivity index (χ0n) is 17.0. The number of benzene rings is 3. The van der Waals surface area contributed by atoms with E-state index in [1.165, 1.54) is 13.3 Å². The number of amides is 2. The van der Waals surface area contributed by atoms with Crippen LogP contribution in [0, 0.1) is 0 Å². The fourth-order valence-electron chi connectivity index (χ4n) is 2.64. The third-order valence-electron chi connectivity index (χ3n) is 4.22. The number of hydrogen-bond donors (Lipinski definition) is 2. The van der Waals surface area contributed by atoms with Crippen molar-refractivity contribution in [3.63, 3.8) is 0 Å². The molecule has 2 amide bonds. The minimum Gasteiger partial charge on any atom is -0.493 e. The van der Waals surface area contributed by atoms with Gasteiger partial charge < -0.3 is 14.8 Å². The van der Waals surface area contributed by atoms with Crippen LogP contribution in [-0.4, -0.2) is 25.1 Å². The van der Waals surface area contributed by atoms with Crippen LogP contribution < -0.4 is 20.2 Å². The third-order valence-corrected chi connectivity index (χ3v) is 5.08. The van der Waals surface area contributed by atoms with Gasteiger partial charge in [-0.25, -0.2) is 5.43 Å². The van der Waals surface area contributed by atoms with Crippen molar-refractivity contribution in [2.45, 2.75) is 6.61 Å². The number of hydrazone groups is 1. The minimum absolute atomic E-state index is 0.307. The quantitative estimate of drug-likeness (QED) is 0.269. The zero-order valence-corrected chi connectivity index (χ0v) is 19.3. The first-order chi connectivity index (χ1) is 15.5. The van der Waals surface area contributed by atoms with E-state index < -0.39 is 11.8 Å². The van der Waals surface area contributed by atoms with E-state index in [4.69, 9.17) is 21.1 Å². The number of halogens is 2. The first-order valence-corrected chi connectivity index (χ1v) is 10.6. The Morgan fingerprint density at radius 2 is 1.78 bits per heavy atom. The second-order valence-electron chi connectivity index (χ2n) is 6.43. The monoisotopic (exact) mass is 515 g/mol. The Hall–Kier alpha value is -3.36. The van der Waals surface area contributed by atoms with Crippen molar-refractivity contribution in [3.05, 3.63) is 87.4 Å². The number of ether oxygens (including phenoxy) is 2. The molecule has 7 nitrogen and oxygen atoms in total. The van der Waals surface area contributed by atoms with Crippen LogP contribution in [0.15, 0.2) is 76.3 Å². The van der Waals surface area contributed by atoms with Crippen LogP contribution in [-0.2, 0) is 16.2 Å². The lowest BCUT2D eigenvalue weighted by Gasteiger charge is -2.13. The molecule has 3 aromatic rings. The lowest BCUT2D eigenvalue weighted by Crippen LogP contribution is -2.32. The van der Waals surface area contributed by atoms with Crippen molar-refractivity contribution >= 4 is 51.2 Å². The molecule has 0 saturated heterocycles. The summed E-state index contributed by atoms with van der Waals surface area (Å²) in [6.07, 6.45) is 1.38. The number of nitrogens with one attached hydrogen (secondary N) is 2. The number of para-hydroxylation sites is 2. The largest absolute Gasteiger partial charge is 0.493 e. The SMILES string of the molecule is COc1cccc(/C=N\NC(=O)C(=O)Nc2ccccc2Cl)c1OCc1ccc(Br)cc1. The first kappa shape index (κ1) is 23.3. The van der Waals surface area contributed by atoms with Crippen molar-refractivity contribution in [1.29, 1.82) is 0 Å². The third kappa shape index (κ3) is 6.32. The Morgan fingerprint density at radius 3 is 2.50 bits per heavy atom. The molecule has 32 heavy (non-hydrogen) atoms. The van der Waals surface area contributed by atoms with E-state index in [9.17, 15) is 9.59 Å². The minimum atomic E-state index is -0.943. The molecular formula is C23H19BrClN3O4. The van der Waals surface area contributed by atoms with E-state index in [0.29, 0.717) is 34.4 Å². The second-order valence-corrected chi connectivity index (χ2v) is 7.75. The Morgan fingerprint density at radius 1 is 1.03 bits per heavy atom. The van der Waals surface area contributed by atoms with Crippen LogP contribution in [0.25, 0.3) is 0 Å². The van der Waals surface area contributed by atoms with E-state index in [2.05, 4.69) is 31.8 Å². The summed E-state index contributed by atoms with van der Waals surface area (Å²) in [5, 5.41) is 6.62. The normalized spacial score (nSPS) is 10.6. The molecule has 0 heterocycles. The van der Waals surface area contributed by atoms with E-state index >= 15 is 0 Å². The molecule has 0 aliphatic carbocycles. The van der Waals surface area contributed by atoms with Gasteiger partial charge in [-0.3, -0.25) is 9.59 Å². The van der Waals surface area contributed by atoms with Gasteiger partial charge in [0.05, 0.1) is 24.0 Å². The van der Waals surface area contributed by atoms with Gasteiger partial charge in [0.25, 0.3) is 0 Å². The molecular weight excluding hydrogens is 498 g/mol. The Bertz CT molecular complexity index is 1140. The lowest BCUT2D eigenvalue weighted by atomic mass is 10.2. The number of carbonyl (C=O) groups is 2. The van der Waals surface area contributed by atoms with Gasteiger partial charge >= 0.3 is 11.8 Å². The van der Waals surface area contributed by atoms with Gasteiger partial charge in [-0.2, -0.15) is 5.10 Å². The molecule has 0 bridgehead atoms. The highest BCUT2D eigenvalue weighted by atomic mass is 79.9. The van der Waals surface area contributed by atoms with Crippen molar-refractivity contribution in [2.24, 2.45) is 5.10 Å². The summed E-state index contributed by atoms with van der Waals surface area (Å²) in [7, 11) is 1.53. The molecule has 164 valence electrons. The van der Waals surface area contributed by atoms with Gasteiger partial charge in [-0.15, -0.1) is 0 Å². The number of rotatable bonds is 7. The highest BCUT2D eigenvalue weighted by Crippen LogP contribution is 2.31. The lowest BCUT2D eigenvalue weighted by molar-refractivity contribution is -0.136. The molecule has 0 spiro atoms. The highest BCUT2D eigenvalue weighted by molar-refractivity contribution is 9.10. The molecule has 2 N–H and O–H groups in total. The number of anilines is 1. The molecule has 0 unspecified atom stereocenters. The maximum absolute atomic E-state index is 12.1. The van der Waals surface area contributed by atoms with Crippen molar-refractivity contribution < 1.29 is 19.1 Å². The number of carbonyl (C=O) groups excluding carboxylic acids is 2. The van der Waals surface area contributed by atoms with Crippen LogP contribution in [0.3, 0.4) is 0 Å². The Balaban J connectivity index is 1.66. The zero-order chi connectivity index (χ0) is 22.9.